The molecule has 3 aromatic carbocycles. The summed E-state index contributed by atoms with van der Waals surface area (Å²) in [6.07, 6.45) is 1.63. The Bertz CT molecular complexity index is 1220. The van der Waals surface area contributed by atoms with Gasteiger partial charge in [-0.25, -0.2) is 4.39 Å². The van der Waals surface area contributed by atoms with Gasteiger partial charge in [-0.05, 0) is 64.3 Å². The van der Waals surface area contributed by atoms with Gasteiger partial charge >= 0.3 is 7.12 Å². The molecule has 0 aromatic heterocycles. The number of carbonyl (C=O) groups excluding carboxylic acids is 2. The highest BCUT2D eigenvalue weighted by atomic mass is 32.2. The van der Waals surface area contributed by atoms with Gasteiger partial charge in [0.1, 0.15) is 18.2 Å². The number of halogens is 1. The van der Waals surface area contributed by atoms with Crippen LogP contribution >= 0.6 is 11.8 Å². The highest BCUT2D eigenvalue weighted by Crippen LogP contribution is 2.33. The second-order valence-electron chi connectivity index (χ2n) is 7.37. The summed E-state index contributed by atoms with van der Waals surface area (Å²) < 4.78 is 18.9. The fraction of sp³-hybridized carbons (Fsp3) is 0.0833. The number of benzene rings is 3. The van der Waals surface area contributed by atoms with Gasteiger partial charge in [0.05, 0.1) is 11.4 Å². The molecule has 166 valence electrons. The van der Waals surface area contributed by atoms with E-state index in [-0.39, 0.29) is 24.2 Å². The molecule has 1 aliphatic rings. The molecule has 6 nitrogen and oxygen atoms in total. The zero-order chi connectivity index (χ0) is 23.4. The van der Waals surface area contributed by atoms with E-state index in [1.807, 2.05) is 6.07 Å². The molecule has 0 bridgehead atoms. The largest absolute Gasteiger partial charge is 0.489 e. The maximum absolute atomic E-state index is 13.1. The quantitative estimate of drug-likeness (QED) is 0.413. The molecule has 1 saturated heterocycles. The fourth-order valence-corrected chi connectivity index (χ4v) is 4.10. The average molecular weight is 463 g/mol. The van der Waals surface area contributed by atoms with Crippen molar-refractivity contribution >= 4 is 41.6 Å². The van der Waals surface area contributed by atoms with Crippen molar-refractivity contribution in [2.45, 2.75) is 13.2 Å². The summed E-state index contributed by atoms with van der Waals surface area (Å²) in [5.74, 6) is -0.224. The van der Waals surface area contributed by atoms with Crippen LogP contribution in [0.25, 0.3) is 6.08 Å². The van der Waals surface area contributed by atoms with E-state index >= 15 is 0 Å². The van der Waals surface area contributed by atoms with Crippen molar-refractivity contribution < 1.29 is 28.8 Å². The molecule has 4 rings (SSSR count). The van der Waals surface area contributed by atoms with Crippen LogP contribution in [0.2, 0.25) is 0 Å². The lowest BCUT2D eigenvalue weighted by Gasteiger charge is -2.12. The van der Waals surface area contributed by atoms with Crippen molar-refractivity contribution in [2.24, 2.45) is 0 Å². The summed E-state index contributed by atoms with van der Waals surface area (Å²) >= 11 is 0.856. The van der Waals surface area contributed by atoms with Crippen LogP contribution in [0.4, 0.5) is 9.18 Å². The molecule has 33 heavy (non-hydrogen) atoms. The summed E-state index contributed by atoms with van der Waals surface area (Å²) in [6, 6.07) is 19.5. The van der Waals surface area contributed by atoms with Gasteiger partial charge in [-0.1, -0.05) is 48.5 Å². The maximum Gasteiger partial charge on any atom is 0.488 e. The SMILES string of the molecule is O=C1S/C(=C\c2cccc(OCc3cccc(B(O)O)c3)c2)C(=O)N1Cc1ccc(F)cc1. The summed E-state index contributed by atoms with van der Waals surface area (Å²) in [6.45, 7) is 0.297. The van der Waals surface area contributed by atoms with Gasteiger partial charge in [-0.15, -0.1) is 0 Å². The monoisotopic (exact) mass is 463 g/mol. The van der Waals surface area contributed by atoms with Crippen molar-refractivity contribution in [3.8, 4) is 5.75 Å². The van der Waals surface area contributed by atoms with Gasteiger partial charge in [-0.2, -0.15) is 0 Å². The smallest absolute Gasteiger partial charge is 0.488 e. The maximum atomic E-state index is 13.1. The van der Waals surface area contributed by atoms with Crippen LogP contribution in [0, 0.1) is 5.82 Å². The Labute approximate surface area is 194 Å². The number of imide groups is 1. The zero-order valence-corrected chi connectivity index (χ0v) is 18.2. The van der Waals surface area contributed by atoms with Crippen molar-refractivity contribution in [2.75, 3.05) is 0 Å². The first kappa shape index (κ1) is 22.8. The number of rotatable bonds is 7. The normalized spacial score (nSPS) is 14.8. The number of hydrogen-bond donors (Lipinski definition) is 2. The van der Waals surface area contributed by atoms with Crippen LogP contribution in [0.5, 0.6) is 5.75 Å². The lowest BCUT2D eigenvalue weighted by atomic mass is 9.80. The Morgan fingerprint density at radius 3 is 2.48 bits per heavy atom. The van der Waals surface area contributed by atoms with Crippen molar-refractivity contribution in [1.82, 2.24) is 4.90 Å². The van der Waals surface area contributed by atoms with E-state index in [1.54, 1.807) is 60.7 Å². The third-order valence-electron chi connectivity index (χ3n) is 4.94. The number of thioether (sulfide) groups is 1. The van der Waals surface area contributed by atoms with Crippen LogP contribution in [-0.2, 0) is 17.9 Å². The van der Waals surface area contributed by atoms with Gasteiger partial charge in [0.25, 0.3) is 11.1 Å². The second kappa shape index (κ2) is 10.0. The Balaban J connectivity index is 1.44. The molecule has 1 aliphatic heterocycles. The summed E-state index contributed by atoms with van der Waals surface area (Å²) in [7, 11) is -1.55. The molecule has 0 spiro atoms. The molecule has 0 unspecified atom stereocenters. The van der Waals surface area contributed by atoms with Gasteiger partial charge in [0.2, 0.25) is 0 Å². The van der Waals surface area contributed by atoms with E-state index in [0.29, 0.717) is 27.2 Å². The molecule has 2 N–H and O–H groups in total. The summed E-state index contributed by atoms with van der Waals surface area (Å²) in [5.41, 5.74) is 2.50. The van der Waals surface area contributed by atoms with Crippen LogP contribution in [0.3, 0.4) is 0 Å². The number of ether oxygens (including phenoxy) is 1. The van der Waals surface area contributed by atoms with Crippen LogP contribution in [0.15, 0.2) is 77.7 Å². The standard InChI is InChI=1S/C24H19BFNO5S/c26-20-9-7-16(8-10-20)14-27-23(28)22(33-24(27)29)13-17-3-2-6-21(12-17)32-15-18-4-1-5-19(11-18)25(30)31/h1-13,30-31H,14-15H2/b22-13-. The average Bonchev–Trinajstić information content (AvgIpc) is 3.07. The fourth-order valence-electron chi connectivity index (χ4n) is 3.26. The minimum absolute atomic E-state index is 0.0764. The van der Waals surface area contributed by atoms with Gasteiger partial charge in [0.15, 0.2) is 0 Å². The van der Waals surface area contributed by atoms with Crippen LogP contribution in [0.1, 0.15) is 16.7 Å². The highest BCUT2D eigenvalue weighted by molar-refractivity contribution is 8.18. The molecule has 2 amide bonds. The van der Waals surface area contributed by atoms with E-state index in [2.05, 4.69) is 0 Å². The number of hydrogen-bond acceptors (Lipinski definition) is 6. The topological polar surface area (TPSA) is 87.1 Å². The van der Waals surface area contributed by atoms with E-state index in [4.69, 9.17) is 4.74 Å². The first-order valence-electron chi connectivity index (χ1n) is 10.1. The molecule has 0 radical (unpaired) electrons. The van der Waals surface area contributed by atoms with E-state index in [9.17, 15) is 24.0 Å². The Kier molecular flexibility index (Phi) is 6.93. The van der Waals surface area contributed by atoms with E-state index < -0.39 is 13.0 Å². The summed E-state index contributed by atoms with van der Waals surface area (Å²) in [4.78, 5) is 26.5. The Morgan fingerprint density at radius 2 is 1.73 bits per heavy atom. The third-order valence-corrected chi connectivity index (χ3v) is 5.85. The second-order valence-corrected chi connectivity index (χ2v) is 8.37. The molecule has 1 fully saturated rings. The Morgan fingerprint density at radius 1 is 0.970 bits per heavy atom. The molecule has 0 saturated carbocycles. The predicted octanol–water partition coefficient (Wildman–Crippen LogP) is 3.32. The van der Waals surface area contributed by atoms with Crippen molar-refractivity contribution in [3.05, 3.63) is 100 Å². The number of carbonyl (C=O) groups is 2. The molecule has 9 heteroatoms. The van der Waals surface area contributed by atoms with Crippen LogP contribution in [-0.4, -0.2) is 33.2 Å². The molecule has 0 aliphatic carbocycles. The van der Waals surface area contributed by atoms with Crippen LogP contribution < -0.4 is 10.2 Å². The first-order chi connectivity index (χ1) is 15.9. The van der Waals surface area contributed by atoms with E-state index in [0.717, 1.165) is 22.2 Å². The van der Waals surface area contributed by atoms with Crippen molar-refractivity contribution in [3.63, 3.8) is 0 Å². The van der Waals surface area contributed by atoms with Gasteiger partial charge in [0, 0.05) is 0 Å². The molecule has 1 heterocycles. The molecular weight excluding hydrogens is 444 g/mol. The summed E-state index contributed by atoms with van der Waals surface area (Å²) in [5, 5.41) is 18.2. The zero-order valence-electron chi connectivity index (χ0n) is 17.3. The lowest BCUT2D eigenvalue weighted by molar-refractivity contribution is -0.123. The highest BCUT2D eigenvalue weighted by Gasteiger charge is 2.35. The minimum atomic E-state index is -1.55. The van der Waals surface area contributed by atoms with Gasteiger partial charge in [-0.3, -0.25) is 14.5 Å². The molecule has 0 atom stereocenters. The minimum Gasteiger partial charge on any atom is -0.489 e. The third kappa shape index (κ3) is 5.70. The number of nitrogens with zero attached hydrogens (tertiary/aromatic N) is 1. The lowest BCUT2D eigenvalue weighted by Crippen LogP contribution is -2.29. The van der Waals surface area contributed by atoms with Gasteiger partial charge < -0.3 is 14.8 Å². The first-order valence-corrected chi connectivity index (χ1v) is 10.9. The predicted molar refractivity (Wildman–Crippen MR) is 125 cm³/mol. The number of amides is 2. The Hall–Kier alpha value is -3.40. The molecule has 3 aromatic rings. The van der Waals surface area contributed by atoms with E-state index in [1.165, 1.54) is 12.1 Å². The van der Waals surface area contributed by atoms with Crippen molar-refractivity contribution in [1.29, 1.82) is 0 Å². The molecular formula is C24H19BFNO5S.